The van der Waals surface area contributed by atoms with Gasteiger partial charge in [-0.15, -0.1) is 0 Å². The summed E-state index contributed by atoms with van der Waals surface area (Å²) in [5.74, 6) is -1.58. The predicted molar refractivity (Wildman–Crippen MR) is 139 cm³/mol. The fourth-order valence-electron chi connectivity index (χ4n) is 4.67. The standard InChI is InChI=1S/C29H27FN2O6/c1-17(37-29(35)19-11-13-32(14-12-19)28(34)18-7-9-20(30)10-8-18)27(33)31-23-16-25-22(15-26(23)36-2)21-5-3-4-6-24(21)38-25/h3-10,15-17,19H,11-14H2,1-2H3,(H,31,33)/t17-/m0/s1. The number of para-hydroxylation sites is 1. The van der Waals surface area contributed by atoms with Gasteiger partial charge in [-0.3, -0.25) is 14.4 Å². The van der Waals surface area contributed by atoms with Gasteiger partial charge in [-0.05, 0) is 56.2 Å². The number of likely N-dealkylation sites (tertiary alicyclic amines) is 1. The highest BCUT2D eigenvalue weighted by molar-refractivity contribution is 6.08. The summed E-state index contributed by atoms with van der Waals surface area (Å²) in [6.07, 6.45) is -0.217. The first-order valence-corrected chi connectivity index (χ1v) is 12.4. The lowest BCUT2D eigenvalue weighted by molar-refractivity contribution is -0.158. The van der Waals surface area contributed by atoms with Gasteiger partial charge in [-0.25, -0.2) is 4.39 Å². The highest BCUT2D eigenvalue weighted by atomic mass is 19.1. The fourth-order valence-corrected chi connectivity index (χ4v) is 4.67. The van der Waals surface area contributed by atoms with E-state index in [1.165, 1.54) is 38.3 Å². The van der Waals surface area contributed by atoms with Crippen molar-refractivity contribution in [3.63, 3.8) is 0 Å². The summed E-state index contributed by atoms with van der Waals surface area (Å²) in [6, 6.07) is 16.5. The smallest absolute Gasteiger partial charge is 0.309 e. The Morgan fingerprint density at radius 3 is 2.42 bits per heavy atom. The van der Waals surface area contributed by atoms with Crippen molar-refractivity contribution >= 4 is 45.4 Å². The number of anilines is 1. The number of halogens is 1. The second kappa shape index (κ2) is 10.5. The quantitative estimate of drug-likeness (QED) is 0.354. The van der Waals surface area contributed by atoms with Crippen molar-refractivity contribution in [2.75, 3.05) is 25.5 Å². The number of fused-ring (bicyclic) bond motifs is 3. The maximum absolute atomic E-state index is 13.1. The van der Waals surface area contributed by atoms with E-state index in [2.05, 4.69) is 5.32 Å². The summed E-state index contributed by atoms with van der Waals surface area (Å²) < 4.78 is 30.0. The van der Waals surface area contributed by atoms with Crippen LogP contribution in [0.2, 0.25) is 0 Å². The van der Waals surface area contributed by atoms with Gasteiger partial charge in [0.15, 0.2) is 6.10 Å². The number of furan rings is 1. The van der Waals surface area contributed by atoms with Crippen LogP contribution in [0.25, 0.3) is 21.9 Å². The van der Waals surface area contributed by atoms with Crippen LogP contribution in [-0.2, 0) is 14.3 Å². The van der Waals surface area contributed by atoms with Gasteiger partial charge in [0.25, 0.3) is 11.8 Å². The zero-order valence-corrected chi connectivity index (χ0v) is 21.0. The minimum Gasteiger partial charge on any atom is -0.495 e. The van der Waals surface area contributed by atoms with Crippen LogP contribution in [0.4, 0.5) is 10.1 Å². The second-order valence-electron chi connectivity index (χ2n) is 9.29. The van der Waals surface area contributed by atoms with Crippen LogP contribution >= 0.6 is 0 Å². The Morgan fingerprint density at radius 2 is 1.71 bits per heavy atom. The highest BCUT2D eigenvalue weighted by Gasteiger charge is 2.31. The third-order valence-electron chi connectivity index (χ3n) is 6.83. The van der Waals surface area contributed by atoms with Gasteiger partial charge in [-0.1, -0.05) is 18.2 Å². The summed E-state index contributed by atoms with van der Waals surface area (Å²) in [7, 11) is 1.51. The summed E-state index contributed by atoms with van der Waals surface area (Å²) in [5, 5.41) is 4.57. The zero-order chi connectivity index (χ0) is 26.8. The molecule has 196 valence electrons. The summed E-state index contributed by atoms with van der Waals surface area (Å²) in [4.78, 5) is 39.9. The van der Waals surface area contributed by atoms with Crippen LogP contribution < -0.4 is 10.1 Å². The van der Waals surface area contributed by atoms with Crippen molar-refractivity contribution in [2.24, 2.45) is 5.92 Å². The number of benzene rings is 3. The minimum absolute atomic E-state index is 0.208. The van der Waals surface area contributed by atoms with E-state index in [9.17, 15) is 18.8 Å². The Balaban J connectivity index is 1.19. The topological polar surface area (TPSA) is 98.1 Å². The van der Waals surface area contributed by atoms with E-state index in [1.54, 1.807) is 17.0 Å². The molecule has 0 aliphatic carbocycles. The van der Waals surface area contributed by atoms with E-state index in [-0.39, 0.29) is 5.91 Å². The lowest BCUT2D eigenvalue weighted by Gasteiger charge is -2.31. The number of esters is 1. The van der Waals surface area contributed by atoms with Crippen LogP contribution in [0.15, 0.2) is 65.1 Å². The zero-order valence-electron chi connectivity index (χ0n) is 21.0. The van der Waals surface area contributed by atoms with Gasteiger partial charge < -0.3 is 24.1 Å². The van der Waals surface area contributed by atoms with Crippen molar-refractivity contribution in [1.82, 2.24) is 4.90 Å². The number of piperidine rings is 1. The molecule has 1 aliphatic rings. The molecule has 3 aromatic carbocycles. The van der Waals surface area contributed by atoms with Crippen molar-refractivity contribution in [2.45, 2.75) is 25.9 Å². The number of hydrogen-bond donors (Lipinski definition) is 1. The molecule has 0 unspecified atom stereocenters. The monoisotopic (exact) mass is 518 g/mol. The van der Waals surface area contributed by atoms with E-state index < -0.39 is 29.7 Å². The van der Waals surface area contributed by atoms with E-state index in [1.807, 2.05) is 24.3 Å². The molecule has 1 atom stereocenters. The molecule has 2 heterocycles. The number of carbonyl (C=O) groups excluding carboxylic acids is 3. The van der Waals surface area contributed by atoms with Crippen molar-refractivity contribution in [3.8, 4) is 5.75 Å². The maximum atomic E-state index is 13.1. The SMILES string of the molecule is COc1cc2c(cc1NC(=O)[C@H](C)OC(=O)C1CCN(C(=O)c3ccc(F)cc3)CC1)oc1ccccc12. The molecule has 5 rings (SSSR count). The molecule has 1 N–H and O–H groups in total. The van der Waals surface area contributed by atoms with Gasteiger partial charge in [0.2, 0.25) is 0 Å². The Hall–Kier alpha value is -4.40. The molecule has 0 radical (unpaired) electrons. The highest BCUT2D eigenvalue weighted by Crippen LogP contribution is 2.36. The number of ether oxygens (including phenoxy) is 2. The fraction of sp³-hybridized carbons (Fsp3) is 0.276. The molecule has 2 amide bonds. The molecule has 1 aromatic heterocycles. The van der Waals surface area contributed by atoms with E-state index in [4.69, 9.17) is 13.9 Å². The molecule has 8 nitrogen and oxygen atoms in total. The third kappa shape index (κ3) is 5.04. The van der Waals surface area contributed by atoms with Crippen LogP contribution in [0.3, 0.4) is 0 Å². The average Bonchev–Trinajstić information content (AvgIpc) is 3.30. The number of nitrogens with zero attached hydrogens (tertiary/aromatic N) is 1. The Bertz CT molecular complexity index is 1510. The molecular formula is C29H27FN2O6. The van der Waals surface area contributed by atoms with Gasteiger partial charge >= 0.3 is 5.97 Å². The minimum atomic E-state index is -1.04. The Morgan fingerprint density at radius 1 is 1.00 bits per heavy atom. The van der Waals surface area contributed by atoms with E-state index in [0.717, 1.165) is 16.4 Å². The van der Waals surface area contributed by atoms with Gasteiger partial charge in [0.1, 0.15) is 22.7 Å². The predicted octanol–water partition coefficient (Wildman–Crippen LogP) is 5.16. The molecular weight excluding hydrogens is 491 g/mol. The Labute approximate surface area is 218 Å². The second-order valence-corrected chi connectivity index (χ2v) is 9.29. The molecule has 0 saturated carbocycles. The number of amides is 2. The van der Waals surface area contributed by atoms with E-state index in [0.29, 0.717) is 48.5 Å². The molecule has 1 saturated heterocycles. The largest absolute Gasteiger partial charge is 0.495 e. The number of nitrogens with one attached hydrogen (secondary N) is 1. The first-order chi connectivity index (χ1) is 18.3. The van der Waals surface area contributed by atoms with E-state index >= 15 is 0 Å². The van der Waals surface area contributed by atoms with Gasteiger partial charge in [0.05, 0.1) is 18.7 Å². The van der Waals surface area contributed by atoms with Crippen molar-refractivity contribution < 1.29 is 32.7 Å². The number of carbonyl (C=O) groups is 3. The van der Waals surface area contributed by atoms with Crippen LogP contribution in [0.1, 0.15) is 30.1 Å². The first-order valence-electron chi connectivity index (χ1n) is 12.4. The number of hydrogen-bond acceptors (Lipinski definition) is 6. The summed E-state index contributed by atoms with van der Waals surface area (Å²) in [6.45, 7) is 2.24. The lowest BCUT2D eigenvalue weighted by Crippen LogP contribution is -2.41. The molecule has 0 spiro atoms. The van der Waals surface area contributed by atoms with Crippen LogP contribution in [0.5, 0.6) is 5.75 Å². The normalized spacial score (nSPS) is 14.9. The van der Waals surface area contributed by atoms with Gasteiger partial charge in [-0.2, -0.15) is 0 Å². The molecule has 4 aromatic rings. The first kappa shape index (κ1) is 25.3. The molecule has 0 bridgehead atoms. The van der Waals surface area contributed by atoms with Crippen LogP contribution in [-0.4, -0.2) is 49.0 Å². The lowest BCUT2D eigenvalue weighted by atomic mass is 9.96. The van der Waals surface area contributed by atoms with Crippen molar-refractivity contribution in [1.29, 1.82) is 0 Å². The number of rotatable bonds is 6. The third-order valence-corrected chi connectivity index (χ3v) is 6.83. The summed E-state index contributed by atoms with van der Waals surface area (Å²) in [5.41, 5.74) is 2.11. The van der Waals surface area contributed by atoms with Gasteiger partial charge in [0, 0.05) is 35.5 Å². The number of methoxy groups -OCH3 is 1. The Kier molecular flexibility index (Phi) is 7.00. The molecule has 38 heavy (non-hydrogen) atoms. The van der Waals surface area contributed by atoms with Crippen LogP contribution in [0, 0.1) is 11.7 Å². The summed E-state index contributed by atoms with van der Waals surface area (Å²) >= 11 is 0. The molecule has 1 aliphatic heterocycles. The molecule has 1 fully saturated rings. The average molecular weight is 519 g/mol. The maximum Gasteiger partial charge on any atom is 0.309 e. The molecule has 9 heteroatoms. The van der Waals surface area contributed by atoms with Crippen molar-refractivity contribution in [3.05, 3.63) is 72.0 Å².